The van der Waals surface area contributed by atoms with Crippen LogP contribution >= 0.6 is 0 Å². The third-order valence-electron chi connectivity index (χ3n) is 1.81. The Labute approximate surface area is 98.8 Å². The van der Waals surface area contributed by atoms with Crippen molar-refractivity contribution in [2.45, 2.75) is 32.8 Å². The summed E-state index contributed by atoms with van der Waals surface area (Å²) in [7, 11) is 0. The fourth-order valence-electron chi connectivity index (χ4n) is 1.13. The number of anilines is 1. The van der Waals surface area contributed by atoms with E-state index < -0.39 is 18.1 Å². The monoisotopic (exact) mass is 243 g/mol. The number of amides is 1. The predicted octanol–water partition coefficient (Wildman–Crippen LogP) is 3.97. The van der Waals surface area contributed by atoms with Gasteiger partial charge in [0.1, 0.15) is 5.60 Å². The lowest BCUT2D eigenvalue weighted by atomic mass is 10.2. The van der Waals surface area contributed by atoms with Crippen LogP contribution < -0.4 is 5.32 Å². The number of carbonyl (C=O) groups is 1. The Morgan fingerprint density at radius 2 is 1.76 bits per heavy atom. The Bertz CT molecular complexity index is 382. The molecule has 1 N–H and O–H groups in total. The molecule has 94 valence electrons. The second-order valence-corrected chi connectivity index (χ2v) is 4.55. The molecule has 0 aromatic heterocycles. The van der Waals surface area contributed by atoms with Gasteiger partial charge in [-0.25, -0.2) is 13.6 Å². The van der Waals surface area contributed by atoms with Crippen LogP contribution in [0.4, 0.5) is 19.3 Å². The summed E-state index contributed by atoms with van der Waals surface area (Å²) in [5, 5.41) is 2.46. The van der Waals surface area contributed by atoms with Gasteiger partial charge in [-0.05, 0) is 32.9 Å². The molecule has 5 heteroatoms. The van der Waals surface area contributed by atoms with Gasteiger partial charge in [-0.15, -0.1) is 0 Å². The number of nitrogens with one attached hydrogen (secondary N) is 1. The number of carbonyl (C=O) groups excluding carboxylic acids is 1. The van der Waals surface area contributed by atoms with Crippen LogP contribution in [-0.4, -0.2) is 11.7 Å². The first kappa shape index (κ1) is 13.4. The molecule has 0 atom stereocenters. The van der Waals surface area contributed by atoms with E-state index in [0.717, 1.165) is 0 Å². The van der Waals surface area contributed by atoms with E-state index in [1.165, 1.54) is 24.3 Å². The normalized spacial score (nSPS) is 11.4. The summed E-state index contributed by atoms with van der Waals surface area (Å²) < 4.78 is 29.6. The quantitative estimate of drug-likeness (QED) is 0.853. The van der Waals surface area contributed by atoms with Crippen molar-refractivity contribution >= 4 is 11.8 Å². The molecule has 0 bridgehead atoms. The Morgan fingerprint density at radius 3 is 2.18 bits per heavy atom. The summed E-state index contributed by atoms with van der Waals surface area (Å²) in [6.45, 7) is 5.23. The van der Waals surface area contributed by atoms with E-state index >= 15 is 0 Å². The summed E-state index contributed by atoms with van der Waals surface area (Å²) in [6, 6.07) is 5.34. The molecule has 0 aliphatic rings. The molecule has 1 amide bonds. The summed E-state index contributed by atoms with van der Waals surface area (Å²) in [5.74, 6) is 0. The number of hydrogen-bond donors (Lipinski definition) is 1. The molecular formula is C12H15F2NO2. The van der Waals surface area contributed by atoms with Crippen molar-refractivity contribution in [1.82, 2.24) is 0 Å². The van der Waals surface area contributed by atoms with Gasteiger partial charge in [0.05, 0.1) is 0 Å². The minimum atomic E-state index is -2.51. The highest BCUT2D eigenvalue weighted by atomic mass is 19.3. The lowest BCUT2D eigenvalue weighted by Gasteiger charge is -2.19. The number of hydrogen-bond acceptors (Lipinski definition) is 2. The van der Waals surface area contributed by atoms with E-state index in [1.54, 1.807) is 20.8 Å². The average Bonchev–Trinajstić information content (AvgIpc) is 2.15. The fraction of sp³-hybridized carbons (Fsp3) is 0.417. The van der Waals surface area contributed by atoms with Crippen LogP contribution in [0.3, 0.4) is 0 Å². The van der Waals surface area contributed by atoms with Crippen LogP contribution in [0.15, 0.2) is 24.3 Å². The van der Waals surface area contributed by atoms with E-state index in [4.69, 9.17) is 4.74 Å². The van der Waals surface area contributed by atoms with Crippen molar-refractivity contribution < 1.29 is 18.3 Å². The van der Waals surface area contributed by atoms with Gasteiger partial charge in [0.15, 0.2) is 0 Å². The average molecular weight is 243 g/mol. The van der Waals surface area contributed by atoms with Gasteiger partial charge in [-0.3, -0.25) is 5.32 Å². The van der Waals surface area contributed by atoms with Crippen LogP contribution in [0.2, 0.25) is 0 Å². The van der Waals surface area contributed by atoms with Crippen molar-refractivity contribution in [2.75, 3.05) is 5.32 Å². The molecule has 0 spiro atoms. The lowest BCUT2D eigenvalue weighted by Crippen LogP contribution is -2.27. The van der Waals surface area contributed by atoms with Crippen molar-refractivity contribution in [3.63, 3.8) is 0 Å². The molecule has 0 saturated carbocycles. The van der Waals surface area contributed by atoms with Gasteiger partial charge in [-0.2, -0.15) is 0 Å². The molecule has 1 rings (SSSR count). The lowest BCUT2D eigenvalue weighted by molar-refractivity contribution is 0.0636. The molecule has 0 radical (unpaired) electrons. The van der Waals surface area contributed by atoms with Crippen LogP contribution in [-0.2, 0) is 4.74 Å². The van der Waals surface area contributed by atoms with Gasteiger partial charge in [0.25, 0.3) is 6.43 Å². The largest absolute Gasteiger partial charge is 0.444 e. The first-order valence-electron chi connectivity index (χ1n) is 5.16. The molecule has 3 nitrogen and oxygen atoms in total. The fourth-order valence-corrected chi connectivity index (χ4v) is 1.13. The molecule has 0 aliphatic carbocycles. The highest BCUT2D eigenvalue weighted by molar-refractivity contribution is 5.84. The number of halogens is 2. The zero-order valence-corrected chi connectivity index (χ0v) is 9.96. The topological polar surface area (TPSA) is 38.3 Å². The zero-order valence-electron chi connectivity index (χ0n) is 9.96. The molecule has 1 aromatic rings. The van der Waals surface area contributed by atoms with E-state index in [2.05, 4.69) is 5.32 Å². The first-order valence-corrected chi connectivity index (χ1v) is 5.16. The van der Waals surface area contributed by atoms with E-state index in [0.29, 0.717) is 5.69 Å². The molecule has 0 heterocycles. The maximum absolute atomic E-state index is 12.3. The Kier molecular flexibility index (Phi) is 4.04. The SMILES string of the molecule is CC(C)(C)OC(=O)Nc1ccc(C(F)F)cc1. The Hall–Kier alpha value is -1.65. The van der Waals surface area contributed by atoms with Crippen molar-refractivity contribution in [3.05, 3.63) is 29.8 Å². The molecule has 0 fully saturated rings. The van der Waals surface area contributed by atoms with Crippen molar-refractivity contribution in [2.24, 2.45) is 0 Å². The summed E-state index contributed by atoms with van der Waals surface area (Å²) in [6.07, 6.45) is -3.12. The summed E-state index contributed by atoms with van der Waals surface area (Å²) in [5.41, 5.74) is -0.254. The smallest absolute Gasteiger partial charge is 0.412 e. The third kappa shape index (κ3) is 4.80. The van der Waals surface area contributed by atoms with Crippen LogP contribution in [0.5, 0.6) is 0 Å². The van der Waals surface area contributed by atoms with Gasteiger partial charge in [0, 0.05) is 11.3 Å². The predicted molar refractivity (Wildman–Crippen MR) is 61.3 cm³/mol. The number of rotatable bonds is 2. The summed E-state index contributed by atoms with van der Waals surface area (Å²) >= 11 is 0. The minimum absolute atomic E-state index is 0.0836. The molecule has 0 saturated heterocycles. The highest BCUT2D eigenvalue weighted by Crippen LogP contribution is 2.20. The van der Waals surface area contributed by atoms with E-state index in [9.17, 15) is 13.6 Å². The van der Waals surface area contributed by atoms with Crippen LogP contribution in [0.1, 0.15) is 32.8 Å². The number of ether oxygens (including phenoxy) is 1. The molecule has 1 aromatic carbocycles. The van der Waals surface area contributed by atoms with Crippen LogP contribution in [0.25, 0.3) is 0 Å². The minimum Gasteiger partial charge on any atom is -0.444 e. The number of alkyl halides is 2. The van der Waals surface area contributed by atoms with Gasteiger partial charge in [-0.1, -0.05) is 12.1 Å². The highest BCUT2D eigenvalue weighted by Gasteiger charge is 2.16. The Morgan fingerprint density at radius 1 is 1.24 bits per heavy atom. The zero-order chi connectivity index (χ0) is 13.1. The van der Waals surface area contributed by atoms with Crippen LogP contribution in [0, 0.1) is 0 Å². The first-order chi connectivity index (χ1) is 7.78. The molecular weight excluding hydrogens is 228 g/mol. The van der Waals surface area contributed by atoms with Gasteiger partial charge >= 0.3 is 6.09 Å². The van der Waals surface area contributed by atoms with Gasteiger partial charge in [0.2, 0.25) is 0 Å². The molecule has 17 heavy (non-hydrogen) atoms. The van der Waals surface area contributed by atoms with Crippen molar-refractivity contribution in [3.8, 4) is 0 Å². The van der Waals surface area contributed by atoms with Gasteiger partial charge < -0.3 is 4.74 Å². The molecule has 0 aliphatic heterocycles. The second-order valence-electron chi connectivity index (χ2n) is 4.55. The second kappa shape index (κ2) is 5.12. The maximum atomic E-state index is 12.3. The Balaban J connectivity index is 2.61. The third-order valence-corrected chi connectivity index (χ3v) is 1.81. The maximum Gasteiger partial charge on any atom is 0.412 e. The summed E-state index contributed by atoms with van der Waals surface area (Å²) in [4.78, 5) is 11.4. The van der Waals surface area contributed by atoms with E-state index in [1.807, 2.05) is 0 Å². The molecule has 0 unspecified atom stereocenters. The van der Waals surface area contributed by atoms with Crippen molar-refractivity contribution in [1.29, 1.82) is 0 Å². The number of benzene rings is 1. The van der Waals surface area contributed by atoms with E-state index in [-0.39, 0.29) is 5.56 Å². The standard InChI is InChI=1S/C12H15F2NO2/c1-12(2,3)17-11(16)15-9-6-4-8(5-7-9)10(13)14/h4-7,10H,1-3H3,(H,15,16).